The van der Waals surface area contributed by atoms with Crippen molar-refractivity contribution in [2.45, 2.75) is 44.1 Å². The molecule has 0 saturated carbocycles. The average Bonchev–Trinajstić information content (AvgIpc) is 3.19. The van der Waals surface area contributed by atoms with E-state index in [-0.39, 0.29) is 24.0 Å². The van der Waals surface area contributed by atoms with Gasteiger partial charge < -0.3 is 24.8 Å². The van der Waals surface area contributed by atoms with Crippen LogP contribution >= 0.6 is 24.0 Å². The fourth-order valence-corrected chi connectivity index (χ4v) is 3.35. The van der Waals surface area contributed by atoms with Crippen LogP contribution in [0.5, 0.6) is 0 Å². The van der Waals surface area contributed by atoms with Gasteiger partial charge in [0.15, 0.2) is 5.96 Å². The summed E-state index contributed by atoms with van der Waals surface area (Å²) in [6.45, 7) is 0.693. The first-order valence-corrected chi connectivity index (χ1v) is 7.89. The zero-order valence-electron chi connectivity index (χ0n) is 14.2. The van der Waals surface area contributed by atoms with E-state index in [2.05, 4.69) is 25.2 Å². The summed E-state index contributed by atoms with van der Waals surface area (Å²) in [6.07, 6.45) is 6.14. The first-order valence-electron chi connectivity index (χ1n) is 7.89. The highest BCUT2D eigenvalue weighted by Gasteiger charge is 2.41. The topological polar surface area (TPSA) is 66.7 Å². The number of fused-ring (bicyclic) bond motifs is 2. The van der Waals surface area contributed by atoms with Gasteiger partial charge in [0.05, 0.1) is 36.7 Å². The van der Waals surface area contributed by atoms with E-state index >= 15 is 0 Å². The van der Waals surface area contributed by atoms with Crippen LogP contribution in [0.1, 0.15) is 25.0 Å². The predicted octanol–water partition coefficient (Wildman–Crippen LogP) is 1.09. The van der Waals surface area contributed by atoms with Gasteiger partial charge in [0.25, 0.3) is 0 Å². The van der Waals surface area contributed by atoms with E-state index in [1.807, 2.05) is 32.2 Å². The van der Waals surface area contributed by atoms with Crippen LogP contribution < -0.4 is 15.5 Å². The van der Waals surface area contributed by atoms with Crippen LogP contribution in [0.15, 0.2) is 11.2 Å². The van der Waals surface area contributed by atoms with E-state index in [0.29, 0.717) is 24.8 Å². The largest absolute Gasteiger partial charge is 0.373 e. The summed E-state index contributed by atoms with van der Waals surface area (Å²) in [4.78, 5) is 10.7. The Kier molecular flexibility index (Phi) is 6.12. The van der Waals surface area contributed by atoms with Gasteiger partial charge in [-0.15, -0.1) is 24.0 Å². The van der Waals surface area contributed by atoms with E-state index in [1.54, 1.807) is 7.05 Å². The molecule has 3 rings (SSSR count). The third-order valence-corrected chi connectivity index (χ3v) is 4.55. The number of ether oxygens (including phenoxy) is 1. The number of aliphatic imine (C=N–C) groups is 1. The summed E-state index contributed by atoms with van der Waals surface area (Å²) >= 11 is 0. The normalized spacial score (nSPS) is 26.1. The number of aromatic nitrogens is 2. The van der Waals surface area contributed by atoms with Crippen LogP contribution in [-0.2, 0) is 18.3 Å². The predicted molar refractivity (Wildman–Crippen MR) is 103 cm³/mol. The van der Waals surface area contributed by atoms with Crippen LogP contribution in [0.2, 0.25) is 0 Å². The van der Waals surface area contributed by atoms with Crippen molar-refractivity contribution < 1.29 is 4.74 Å². The first-order chi connectivity index (χ1) is 10.6. The Bertz CT molecular complexity index is 558. The second kappa shape index (κ2) is 7.69. The minimum Gasteiger partial charge on any atom is -0.373 e. The second-order valence-corrected chi connectivity index (χ2v) is 6.29. The molecule has 8 heteroatoms. The fraction of sp³-hybridized carbons (Fsp3) is 0.733. The molecule has 2 saturated heterocycles. The van der Waals surface area contributed by atoms with Crippen molar-refractivity contribution in [3.8, 4) is 0 Å². The lowest BCUT2D eigenvalue weighted by atomic mass is 9.96. The number of anilines is 1. The van der Waals surface area contributed by atoms with Gasteiger partial charge in [-0.3, -0.25) is 4.99 Å². The molecule has 7 nitrogen and oxygen atoms in total. The molecule has 3 unspecified atom stereocenters. The van der Waals surface area contributed by atoms with Gasteiger partial charge in [0, 0.05) is 28.2 Å². The molecular weight excluding hydrogens is 407 g/mol. The number of hydrogen-bond acceptors (Lipinski definition) is 4. The highest BCUT2D eigenvalue weighted by molar-refractivity contribution is 14.0. The number of rotatable bonds is 4. The highest BCUT2D eigenvalue weighted by atomic mass is 127. The molecule has 0 radical (unpaired) electrons. The maximum Gasteiger partial charge on any atom is 0.204 e. The van der Waals surface area contributed by atoms with E-state index in [4.69, 9.17) is 4.74 Å². The molecule has 2 bridgehead atoms. The molecule has 23 heavy (non-hydrogen) atoms. The van der Waals surface area contributed by atoms with Crippen molar-refractivity contribution in [1.82, 2.24) is 20.2 Å². The fourth-order valence-electron chi connectivity index (χ4n) is 3.35. The molecule has 2 N–H and O–H groups in total. The maximum absolute atomic E-state index is 5.88. The molecule has 2 aliphatic rings. The lowest BCUT2D eigenvalue weighted by molar-refractivity contribution is 0.0992. The highest BCUT2D eigenvalue weighted by Crippen LogP contribution is 2.34. The summed E-state index contributed by atoms with van der Waals surface area (Å²) in [7, 11) is 7.82. The molecule has 0 aromatic carbocycles. The molecule has 2 aliphatic heterocycles. The zero-order valence-corrected chi connectivity index (χ0v) is 16.6. The molecule has 130 valence electrons. The number of imidazole rings is 1. The number of halogens is 1. The van der Waals surface area contributed by atoms with Gasteiger partial charge in [-0.05, 0) is 19.3 Å². The molecule has 3 heterocycles. The lowest BCUT2D eigenvalue weighted by Gasteiger charge is -2.22. The minimum absolute atomic E-state index is 0. The molecule has 0 amide bonds. The summed E-state index contributed by atoms with van der Waals surface area (Å²) in [5.74, 6) is 1.77. The summed E-state index contributed by atoms with van der Waals surface area (Å²) in [5, 5.41) is 6.86. The van der Waals surface area contributed by atoms with Gasteiger partial charge >= 0.3 is 0 Å². The first kappa shape index (κ1) is 18.3. The third-order valence-electron chi connectivity index (χ3n) is 4.55. The van der Waals surface area contributed by atoms with E-state index in [1.165, 1.54) is 6.42 Å². The Morgan fingerprint density at radius 3 is 2.78 bits per heavy atom. The SMILES string of the molecule is CN=C(NCc1cnc(N(C)C)n1C)NC1CC2CCC1O2.I. The minimum atomic E-state index is 0. The molecule has 0 spiro atoms. The third kappa shape index (κ3) is 3.90. The van der Waals surface area contributed by atoms with Crippen molar-refractivity contribution in [3.63, 3.8) is 0 Å². The second-order valence-electron chi connectivity index (χ2n) is 6.29. The van der Waals surface area contributed by atoms with Crippen molar-refractivity contribution in [3.05, 3.63) is 11.9 Å². The molecule has 1 aromatic heterocycles. The Hall–Kier alpha value is -1.03. The van der Waals surface area contributed by atoms with Crippen LogP contribution in [-0.4, -0.2) is 54.9 Å². The quantitative estimate of drug-likeness (QED) is 0.422. The van der Waals surface area contributed by atoms with Gasteiger partial charge in [0.1, 0.15) is 0 Å². The number of nitrogens with one attached hydrogen (secondary N) is 2. The maximum atomic E-state index is 5.88. The number of nitrogens with zero attached hydrogens (tertiary/aromatic N) is 4. The van der Waals surface area contributed by atoms with Crippen molar-refractivity contribution in [2.75, 3.05) is 26.0 Å². The molecule has 0 aliphatic carbocycles. The average molecular weight is 434 g/mol. The van der Waals surface area contributed by atoms with Crippen LogP contribution in [0.4, 0.5) is 5.95 Å². The Balaban J connectivity index is 0.00000192. The number of guanidine groups is 1. The van der Waals surface area contributed by atoms with Crippen molar-refractivity contribution >= 4 is 35.9 Å². The van der Waals surface area contributed by atoms with E-state index in [0.717, 1.165) is 30.4 Å². The van der Waals surface area contributed by atoms with E-state index in [9.17, 15) is 0 Å². The Labute approximate surface area is 154 Å². The molecule has 3 atom stereocenters. The van der Waals surface area contributed by atoms with E-state index < -0.39 is 0 Å². The standard InChI is InChI=1S/C15H26N6O.HI/c1-16-14(19-12-7-11-5-6-13(12)22-11)17-8-10-9-18-15(20(2)3)21(10)4;/h9,11-13H,5-8H2,1-4H3,(H2,16,17,19);1H. The number of hydrogen-bond donors (Lipinski definition) is 2. The van der Waals surface area contributed by atoms with Crippen LogP contribution in [0.3, 0.4) is 0 Å². The monoisotopic (exact) mass is 434 g/mol. The summed E-state index contributed by atoms with van der Waals surface area (Å²) < 4.78 is 7.96. The van der Waals surface area contributed by atoms with Crippen LogP contribution in [0.25, 0.3) is 0 Å². The van der Waals surface area contributed by atoms with Gasteiger partial charge in [-0.2, -0.15) is 0 Å². The molecular formula is C15H27IN6O. The van der Waals surface area contributed by atoms with Gasteiger partial charge in [-0.1, -0.05) is 0 Å². The van der Waals surface area contributed by atoms with Crippen molar-refractivity contribution in [1.29, 1.82) is 0 Å². The van der Waals surface area contributed by atoms with Gasteiger partial charge in [-0.25, -0.2) is 4.98 Å². The smallest absolute Gasteiger partial charge is 0.204 e. The Morgan fingerprint density at radius 2 is 2.26 bits per heavy atom. The van der Waals surface area contributed by atoms with Crippen molar-refractivity contribution in [2.24, 2.45) is 12.0 Å². The summed E-state index contributed by atoms with van der Waals surface area (Å²) in [5.41, 5.74) is 1.12. The van der Waals surface area contributed by atoms with Gasteiger partial charge in [0.2, 0.25) is 5.95 Å². The lowest BCUT2D eigenvalue weighted by Crippen LogP contribution is -2.47. The summed E-state index contributed by atoms with van der Waals surface area (Å²) in [6, 6.07) is 0.383. The molecule has 2 fully saturated rings. The Morgan fingerprint density at radius 1 is 1.48 bits per heavy atom. The zero-order chi connectivity index (χ0) is 15.7. The van der Waals surface area contributed by atoms with Crippen LogP contribution in [0, 0.1) is 0 Å². The molecule has 1 aromatic rings.